The number of rotatable bonds is 5. The summed E-state index contributed by atoms with van der Waals surface area (Å²) in [4.78, 5) is 13.7. The minimum atomic E-state index is -0.349. The number of carbonyl (C=O) groups excluding carboxylic acids is 1. The molecule has 1 fully saturated rings. The standard InChI is InChI=1S/C15H21N3O3S/c1-20-14(19)12-2-4-13(5-3-12)17-15(22)16-6-7-18-8-10-21-11-9-18/h2-5H,6-11H2,1H3,(H2,16,17,22). The topological polar surface area (TPSA) is 62.8 Å². The molecule has 1 saturated heterocycles. The number of nitrogens with one attached hydrogen (secondary N) is 2. The van der Waals surface area contributed by atoms with Crippen LogP contribution in [0.5, 0.6) is 0 Å². The van der Waals surface area contributed by atoms with Gasteiger partial charge in [0.25, 0.3) is 0 Å². The molecule has 7 heteroatoms. The highest BCUT2D eigenvalue weighted by Crippen LogP contribution is 2.10. The Morgan fingerprint density at radius 2 is 2.00 bits per heavy atom. The Balaban J connectivity index is 1.71. The maximum Gasteiger partial charge on any atom is 0.337 e. The highest BCUT2D eigenvalue weighted by Gasteiger charge is 2.09. The van der Waals surface area contributed by atoms with E-state index in [1.54, 1.807) is 24.3 Å². The lowest BCUT2D eigenvalue weighted by molar-refractivity contribution is 0.0389. The van der Waals surface area contributed by atoms with Gasteiger partial charge in [-0.3, -0.25) is 4.90 Å². The largest absolute Gasteiger partial charge is 0.465 e. The van der Waals surface area contributed by atoms with Crippen molar-refractivity contribution in [3.05, 3.63) is 29.8 Å². The molecule has 0 amide bonds. The molecule has 0 saturated carbocycles. The van der Waals surface area contributed by atoms with Gasteiger partial charge in [-0.2, -0.15) is 0 Å². The van der Waals surface area contributed by atoms with E-state index in [2.05, 4.69) is 20.3 Å². The second kappa shape index (κ2) is 8.67. The van der Waals surface area contributed by atoms with Crippen LogP contribution in [0, 0.1) is 0 Å². The Morgan fingerprint density at radius 3 is 2.64 bits per heavy atom. The van der Waals surface area contributed by atoms with Crippen LogP contribution >= 0.6 is 12.2 Å². The van der Waals surface area contributed by atoms with Crippen molar-refractivity contribution in [3.8, 4) is 0 Å². The number of esters is 1. The van der Waals surface area contributed by atoms with E-state index in [9.17, 15) is 4.79 Å². The Hall–Kier alpha value is -1.70. The van der Waals surface area contributed by atoms with Gasteiger partial charge in [0, 0.05) is 31.9 Å². The molecule has 0 aliphatic carbocycles. The molecule has 0 radical (unpaired) electrons. The molecule has 0 atom stereocenters. The second-order valence-corrected chi connectivity index (χ2v) is 5.31. The molecule has 1 aliphatic heterocycles. The fraction of sp³-hybridized carbons (Fsp3) is 0.467. The van der Waals surface area contributed by atoms with E-state index in [1.807, 2.05) is 0 Å². The van der Waals surface area contributed by atoms with Crippen LogP contribution < -0.4 is 10.6 Å². The minimum absolute atomic E-state index is 0.349. The van der Waals surface area contributed by atoms with Crippen LogP contribution in [-0.2, 0) is 9.47 Å². The van der Waals surface area contributed by atoms with E-state index in [0.29, 0.717) is 10.7 Å². The van der Waals surface area contributed by atoms with Crippen molar-refractivity contribution in [1.29, 1.82) is 0 Å². The third-order valence-corrected chi connectivity index (χ3v) is 3.63. The summed E-state index contributed by atoms with van der Waals surface area (Å²) in [6.07, 6.45) is 0. The van der Waals surface area contributed by atoms with Crippen molar-refractivity contribution in [2.24, 2.45) is 0 Å². The van der Waals surface area contributed by atoms with Crippen LogP contribution in [0.4, 0.5) is 5.69 Å². The summed E-state index contributed by atoms with van der Waals surface area (Å²) in [6.45, 7) is 5.26. The van der Waals surface area contributed by atoms with Crippen LogP contribution in [0.25, 0.3) is 0 Å². The van der Waals surface area contributed by atoms with Crippen LogP contribution in [0.2, 0.25) is 0 Å². The first-order chi connectivity index (χ1) is 10.7. The van der Waals surface area contributed by atoms with Crippen molar-refractivity contribution < 1.29 is 14.3 Å². The number of thiocarbonyl (C=S) groups is 1. The molecule has 0 aromatic heterocycles. The number of carbonyl (C=O) groups is 1. The van der Waals surface area contributed by atoms with Crippen LogP contribution in [0.3, 0.4) is 0 Å². The molecule has 22 heavy (non-hydrogen) atoms. The van der Waals surface area contributed by atoms with E-state index in [1.165, 1.54) is 7.11 Å². The molecule has 1 aromatic rings. The first kappa shape index (κ1) is 16.7. The molecule has 2 N–H and O–H groups in total. The van der Waals surface area contributed by atoms with Gasteiger partial charge in [-0.1, -0.05) is 0 Å². The number of methoxy groups -OCH3 is 1. The summed E-state index contributed by atoms with van der Waals surface area (Å²) < 4.78 is 9.96. The molecule has 0 spiro atoms. The Bertz CT molecular complexity index is 501. The molecule has 6 nitrogen and oxygen atoms in total. The van der Waals surface area contributed by atoms with Gasteiger partial charge >= 0.3 is 5.97 Å². The lowest BCUT2D eigenvalue weighted by Gasteiger charge is -2.26. The first-order valence-electron chi connectivity index (χ1n) is 7.22. The summed E-state index contributed by atoms with van der Waals surface area (Å²) in [5.74, 6) is -0.349. The van der Waals surface area contributed by atoms with Crippen LogP contribution in [0.1, 0.15) is 10.4 Å². The van der Waals surface area contributed by atoms with Crippen LogP contribution in [0.15, 0.2) is 24.3 Å². The van der Waals surface area contributed by atoms with E-state index < -0.39 is 0 Å². The molecule has 1 heterocycles. The smallest absolute Gasteiger partial charge is 0.337 e. The van der Waals surface area contributed by atoms with Gasteiger partial charge in [-0.05, 0) is 36.5 Å². The summed E-state index contributed by atoms with van der Waals surface area (Å²) in [6, 6.07) is 6.99. The number of nitrogens with zero attached hydrogens (tertiary/aromatic N) is 1. The van der Waals surface area contributed by atoms with E-state index in [0.717, 1.165) is 45.1 Å². The zero-order valence-corrected chi connectivity index (χ0v) is 13.4. The number of hydrogen-bond acceptors (Lipinski definition) is 5. The maximum atomic E-state index is 11.3. The van der Waals surface area contributed by atoms with Gasteiger partial charge in [0.05, 0.1) is 25.9 Å². The van der Waals surface area contributed by atoms with Crippen molar-refractivity contribution >= 4 is 29.0 Å². The highest BCUT2D eigenvalue weighted by molar-refractivity contribution is 7.80. The Labute approximate surface area is 135 Å². The van der Waals surface area contributed by atoms with Gasteiger partial charge in [0.1, 0.15) is 0 Å². The zero-order chi connectivity index (χ0) is 15.8. The quantitative estimate of drug-likeness (QED) is 0.621. The summed E-state index contributed by atoms with van der Waals surface area (Å²) in [7, 11) is 1.36. The van der Waals surface area contributed by atoms with Crippen molar-refractivity contribution in [3.63, 3.8) is 0 Å². The van der Waals surface area contributed by atoms with Gasteiger partial charge in [-0.15, -0.1) is 0 Å². The van der Waals surface area contributed by atoms with E-state index >= 15 is 0 Å². The molecule has 1 aromatic carbocycles. The fourth-order valence-electron chi connectivity index (χ4n) is 2.14. The number of benzene rings is 1. The normalized spacial score (nSPS) is 15.1. The Kier molecular flexibility index (Phi) is 6.57. The second-order valence-electron chi connectivity index (χ2n) is 4.90. The van der Waals surface area contributed by atoms with Crippen molar-refractivity contribution in [2.75, 3.05) is 51.8 Å². The van der Waals surface area contributed by atoms with Crippen molar-refractivity contribution in [1.82, 2.24) is 10.2 Å². The number of ether oxygens (including phenoxy) is 2. The minimum Gasteiger partial charge on any atom is -0.465 e. The number of morpholine rings is 1. The Morgan fingerprint density at radius 1 is 1.32 bits per heavy atom. The summed E-state index contributed by atoms with van der Waals surface area (Å²) in [5.41, 5.74) is 1.34. The van der Waals surface area contributed by atoms with Gasteiger partial charge in [0.15, 0.2) is 5.11 Å². The molecule has 120 valence electrons. The van der Waals surface area contributed by atoms with Gasteiger partial charge < -0.3 is 20.1 Å². The molecule has 1 aliphatic rings. The molecule has 0 bridgehead atoms. The van der Waals surface area contributed by atoms with Gasteiger partial charge in [-0.25, -0.2) is 4.79 Å². The fourth-order valence-corrected chi connectivity index (χ4v) is 2.36. The third kappa shape index (κ3) is 5.25. The monoisotopic (exact) mass is 323 g/mol. The molecular weight excluding hydrogens is 302 g/mol. The van der Waals surface area contributed by atoms with Gasteiger partial charge in [0.2, 0.25) is 0 Å². The van der Waals surface area contributed by atoms with E-state index in [-0.39, 0.29) is 5.97 Å². The molecule has 0 unspecified atom stereocenters. The predicted octanol–water partition coefficient (Wildman–Crippen LogP) is 1.09. The van der Waals surface area contributed by atoms with Crippen molar-refractivity contribution in [2.45, 2.75) is 0 Å². The van der Waals surface area contributed by atoms with Crippen LogP contribution in [-0.4, -0.2) is 62.5 Å². The van der Waals surface area contributed by atoms with E-state index in [4.69, 9.17) is 17.0 Å². The number of hydrogen-bond donors (Lipinski definition) is 2. The molecular formula is C15H21N3O3S. The predicted molar refractivity (Wildman–Crippen MR) is 89.3 cm³/mol. The maximum absolute atomic E-state index is 11.3. The summed E-state index contributed by atoms with van der Waals surface area (Å²) in [5, 5.41) is 6.83. The lowest BCUT2D eigenvalue weighted by atomic mass is 10.2. The molecule has 2 rings (SSSR count). The average Bonchev–Trinajstić information content (AvgIpc) is 2.56. The highest BCUT2D eigenvalue weighted by atomic mass is 32.1. The third-order valence-electron chi connectivity index (χ3n) is 3.38. The average molecular weight is 323 g/mol. The number of anilines is 1. The lowest BCUT2D eigenvalue weighted by Crippen LogP contribution is -2.42. The zero-order valence-electron chi connectivity index (χ0n) is 12.6. The summed E-state index contributed by atoms with van der Waals surface area (Å²) >= 11 is 5.25. The SMILES string of the molecule is COC(=O)c1ccc(NC(=S)NCCN2CCOCC2)cc1. The first-order valence-corrected chi connectivity index (χ1v) is 7.63.